The third kappa shape index (κ3) is 2.38. The van der Waals surface area contributed by atoms with Gasteiger partial charge in [-0.25, -0.2) is 0 Å². The zero-order chi connectivity index (χ0) is 10.7. The molecule has 1 heterocycles. The fraction of sp³-hybridized carbons (Fsp3) is 0.455. The summed E-state index contributed by atoms with van der Waals surface area (Å²) in [4.78, 5) is 3.24. The molecule has 1 aliphatic heterocycles. The molecule has 0 aromatic heterocycles. The number of rotatable bonds is 2. The number of piperazine rings is 1. The Kier molecular flexibility index (Phi) is 3.38. The van der Waals surface area contributed by atoms with E-state index < -0.39 is 10.8 Å². The highest BCUT2D eigenvalue weighted by Gasteiger charge is 2.14. The maximum atomic E-state index is 11.6. The number of nitrogens with zero attached hydrogens (tertiary/aromatic N) is 1. The highest BCUT2D eigenvalue weighted by Crippen LogP contribution is 2.23. The zero-order valence-corrected chi connectivity index (χ0v) is 9.72. The van der Waals surface area contributed by atoms with Gasteiger partial charge in [-0.05, 0) is 12.1 Å². The van der Waals surface area contributed by atoms with Crippen molar-refractivity contribution in [2.75, 3.05) is 37.3 Å². The summed E-state index contributed by atoms with van der Waals surface area (Å²) in [5, 5.41) is 3.32. The predicted octanol–water partition coefficient (Wildman–Crippen LogP) is 0.834. The summed E-state index contributed by atoms with van der Waals surface area (Å²) in [7, 11) is -0.904. The van der Waals surface area contributed by atoms with Crippen molar-refractivity contribution in [1.29, 1.82) is 0 Å². The number of anilines is 1. The molecular weight excluding hydrogens is 208 g/mol. The molecule has 0 radical (unpaired) electrons. The van der Waals surface area contributed by atoms with Gasteiger partial charge in [0.1, 0.15) is 0 Å². The van der Waals surface area contributed by atoms with Crippen molar-refractivity contribution in [3.63, 3.8) is 0 Å². The summed E-state index contributed by atoms with van der Waals surface area (Å²) in [5.74, 6) is 0. The SMILES string of the molecule is CS(=O)c1ccccc1N1CCNCC1. The second-order valence-electron chi connectivity index (χ2n) is 3.66. The van der Waals surface area contributed by atoms with E-state index in [1.807, 2.05) is 18.2 Å². The van der Waals surface area contributed by atoms with Gasteiger partial charge in [-0.3, -0.25) is 4.21 Å². The Morgan fingerprint density at radius 3 is 2.60 bits per heavy atom. The number of para-hydroxylation sites is 1. The van der Waals surface area contributed by atoms with E-state index in [9.17, 15) is 4.21 Å². The average molecular weight is 224 g/mol. The first-order valence-electron chi connectivity index (χ1n) is 5.17. The minimum atomic E-state index is -0.904. The van der Waals surface area contributed by atoms with Crippen molar-refractivity contribution in [3.8, 4) is 0 Å². The first-order valence-corrected chi connectivity index (χ1v) is 6.73. The van der Waals surface area contributed by atoms with Gasteiger partial charge in [0.05, 0.1) is 21.4 Å². The van der Waals surface area contributed by atoms with Crippen LogP contribution >= 0.6 is 0 Å². The molecule has 0 saturated carbocycles. The molecule has 1 unspecified atom stereocenters. The van der Waals surface area contributed by atoms with E-state index in [1.54, 1.807) is 6.26 Å². The minimum Gasteiger partial charge on any atom is -0.368 e. The van der Waals surface area contributed by atoms with Gasteiger partial charge >= 0.3 is 0 Å². The smallest absolute Gasteiger partial charge is 0.0618 e. The van der Waals surface area contributed by atoms with E-state index >= 15 is 0 Å². The molecule has 3 nitrogen and oxygen atoms in total. The van der Waals surface area contributed by atoms with Gasteiger partial charge in [-0.15, -0.1) is 0 Å². The first kappa shape index (κ1) is 10.6. The Balaban J connectivity index is 2.29. The van der Waals surface area contributed by atoms with Crippen LogP contribution in [0.1, 0.15) is 0 Å². The molecule has 0 amide bonds. The van der Waals surface area contributed by atoms with Crippen molar-refractivity contribution in [1.82, 2.24) is 5.32 Å². The summed E-state index contributed by atoms with van der Waals surface area (Å²) < 4.78 is 11.6. The van der Waals surface area contributed by atoms with Gasteiger partial charge in [-0.2, -0.15) is 0 Å². The Morgan fingerprint density at radius 1 is 1.27 bits per heavy atom. The monoisotopic (exact) mass is 224 g/mol. The Labute approximate surface area is 92.9 Å². The zero-order valence-electron chi connectivity index (χ0n) is 8.90. The van der Waals surface area contributed by atoms with Crippen LogP contribution in [-0.2, 0) is 10.8 Å². The van der Waals surface area contributed by atoms with Gasteiger partial charge in [0.25, 0.3) is 0 Å². The molecule has 1 atom stereocenters. The average Bonchev–Trinajstić information content (AvgIpc) is 2.30. The highest BCUT2D eigenvalue weighted by molar-refractivity contribution is 7.84. The molecule has 1 aromatic carbocycles. The van der Waals surface area contributed by atoms with Crippen LogP contribution in [0.5, 0.6) is 0 Å². The van der Waals surface area contributed by atoms with Gasteiger partial charge in [0.2, 0.25) is 0 Å². The Hall–Kier alpha value is -0.870. The molecule has 15 heavy (non-hydrogen) atoms. The molecule has 4 heteroatoms. The van der Waals surface area contributed by atoms with Crippen LogP contribution in [-0.4, -0.2) is 36.6 Å². The van der Waals surface area contributed by atoms with Crippen LogP contribution < -0.4 is 10.2 Å². The molecule has 0 spiro atoms. The van der Waals surface area contributed by atoms with Crippen LogP contribution in [0.2, 0.25) is 0 Å². The summed E-state index contributed by atoms with van der Waals surface area (Å²) in [6, 6.07) is 7.96. The van der Waals surface area contributed by atoms with Crippen LogP contribution in [0, 0.1) is 0 Å². The molecule has 82 valence electrons. The number of nitrogens with one attached hydrogen (secondary N) is 1. The lowest BCUT2D eigenvalue weighted by Crippen LogP contribution is -2.43. The summed E-state index contributed by atoms with van der Waals surface area (Å²) >= 11 is 0. The molecule has 0 aliphatic carbocycles. The quantitative estimate of drug-likeness (QED) is 0.808. The van der Waals surface area contributed by atoms with Crippen molar-refractivity contribution in [2.24, 2.45) is 0 Å². The topological polar surface area (TPSA) is 32.3 Å². The summed E-state index contributed by atoms with van der Waals surface area (Å²) in [6.07, 6.45) is 1.74. The summed E-state index contributed by atoms with van der Waals surface area (Å²) in [6.45, 7) is 4.00. The second kappa shape index (κ2) is 4.77. The van der Waals surface area contributed by atoms with Gasteiger partial charge < -0.3 is 10.2 Å². The molecule has 0 bridgehead atoms. The number of hydrogen-bond donors (Lipinski definition) is 1. The Bertz CT molecular complexity index is 361. The number of hydrogen-bond acceptors (Lipinski definition) is 3. The lowest BCUT2D eigenvalue weighted by molar-refractivity contribution is 0.586. The van der Waals surface area contributed by atoms with E-state index in [-0.39, 0.29) is 0 Å². The lowest BCUT2D eigenvalue weighted by atomic mass is 10.2. The summed E-state index contributed by atoms with van der Waals surface area (Å²) in [5.41, 5.74) is 1.12. The largest absolute Gasteiger partial charge is 0.368 e. The van der Waals surface area contributed by atoms with Crippen LogP contribution in [0.3, 0.4) is 0 Å². The fourth-order valence-corrected chi connectivity index (χ4v) is 2.63. The van der Waals surface area contributed by atoms with Crippen molar-refractivity contribution >= 4 is 16.5 Å². The first-order chi connectivity index (χ1) is 7.29. The van der Waals surface area contributed by atoms with E-state index in [2.05, 4.69) is 16.3 Å². The molecule has 1 aliphatic rings. The van der Waals surface area contributed by atoms with Gasteiger partial charge in [-0.1, -0.05) is 12.1 Å². The van der Waals surface area contributed by atoms with Gasteiger partial charge in [0, 0.05) is 32.4 Å². The lowest BCUT2D eigenvalue weighted by Gasteiger charge is -2.30. The van der Waals surface area contributed by atoms with Crippen molar-refractivity contribution in [3.05, 3.63) is 24.3 Å². The maximum Gasteiger partial charge on any atom is 0.0618 e. The second-order valence-corrected chi connectivity index (χ2v) is 5.01. The molecular formula is C11H16N2OS. The van der Waals surface area contributed by atoms with E-state index in [4.69, 9.17) is 0 Å². The Morgan fingerprint density at radius 2 is 1.93 bits per heavy atom. The highest BCUT2D eigenvalue weighted by atomic mass is 32.2. The normalized spacial score (nSPS) is 18.9. The van der Waals surface area contributed by atoms with Crippen molar-refractivity contribution in [2.45, 2.75) is 4.90 Å². The molecule has 1 N–H and O–H groups in total. The van der Waals surface area contributed by atoms with E-state index in [0.29, 0.717) is 0 Å². The van der Waals surface area contributed by atoms with Gasteiger partial charge in [0.15, 0.2) is 0 Å². The van der Waals surface area contributed by atoms with Crippen LogP contribution in [0.4, 0.5) is 5.69 Å². The van der Waals surface area contributed by atoms with E-state index in [0.717, 1.165) is 36.8 Å². The fourth-order valence-electron chi connectivity index (χ4n) is 1.87. The van der Waals surface area contributed by atoms with Crippen LogP contribution in [0.15, 0.2) is 29.2 Å². The van der Waals surface area contributed by atoms with E-state index in [1.165, 1.54) is 0 Å². The number of benzene rings is 1. The standard InChI is InChI=1S/C11H16N2OS/c1-15(14)11-5-3-2-4-10(11)13-8-6-12-7-9-13/h2-5,12H,6-9H2,1H3. The predicted molar refractivity (Wildman–Crippen MR) is 63.9 cm³/mol. The third-order valence-electron chi connectivity index (χ3n) is 2.63. The molecule has 1 fully saturated rings. The molecule has 1 saturated heterocycles. The van der Waals surface area contributed by atoms with Crippen molar-refractivity contribution < 1.29 is 4.21 Å². The maximum absolute atomic E-state index is 11.6. The van der Waals surface area contributed by atoms with Crippen LogP contribution in [0.25, 0.3) is 0 Å². The minimum absolute atomic E-state index is 0.904. The molecule has 1 aromatic rings. The third-order valence-corrected chi connectivity index (χ3v) is 3.60. The molecule has 2 rings (SSSR count).